The maximum atomic E-state index is 9.26. The van der Waals surface area contributed by atoms with Crippen molar-refractivity contribution in [2.45, 2.75) is 0 Å². The van der Waals surface area contributed by atoms with Gasteiger partial charge in [-0.05, 0) is 44.8 Å². The van der Waals surface area contributed by atoms with Gasteiger partial charge in [0.2, 0.25) is 0 Å². The fraction of sp³-hybridized carbons (Fsp3) is 0. The molecule has 0 aliphatic carbocycles. The smallest absolute Gasteiger partial charge is 0.164 e. The Morgan fingerprint density at radius 2 is 1.04 bits per heavy atom. The summed E-state index contributed by atoms with van der Waals surface area (Å²) in [4.78, 5) is 14.1. The van der Waals surface area contributed by atoms with Crippen LogP contribution in [-0.2, 0) is 0 Å². The summed E-state index contributed by atoms with van der Waals surface area (Å²) in [5.74, 6) is -0.659. The van der Waals surface area contributed by atoms with Crippen LogP contribution in [-0.4, -0.2) is 15.0 Å². The van der Waals surface area contributed by atoms with Gasteiger partial charge in [-0.3, -0.25) is 0 Å². The van der Waals surface area contributed by atoms with E-state index in [2.05, 4.69) is 4.98 Å². The zero-order valence-electron chi connectivity index (χ0n) is 36.2. The third-order valence-corrected chi connectivity index (χ3v) is 7.62. The molecule has 2 heterocycles. The van der Waals surface area contributed by atoms with Crippen molar-refractivity contribution in [3.8, 4) is 45.3 Å². The summed E-state index contributed by atoms with van der Waals surface area (Å²) in [6.45, 7) is 0. The molecule has 0 fully saturated rings. The van der Waals surface area contributed by atoms with Crippen LogP contribution in [0.25, 0.3) is 88.8 Å². The van der Waals surface area contributed by atoms with Crippen molar-refractivity contribution in [1.29, 1.82) is 0 Å². The van der Waals surface area contributed by atoms with Crippen molar-refractivity contribution in [1.82, 2.24) is 15.0 Å². The van der Waals surface area contributed by atoms with E-state index in [0.717, 1.165) is 5.39 Å². The molecule has 7 aromatic carbocycles. The van der Waals surface area contributed by atoms with Gasteiger partial charge in [0.1, 0.15) is 11.2 Å². The average Bonchev–Trinajstić information content (AvgIpc) is 3.64. The lowest BCUT2D eigenvalue weighted by atomic mass is 9.92. The molecule has 9 aromatic rings. The minimum atomic E-state index is -0.617. The molecule has 0 amide bonds. The van der Waals surface area contributed by atoms with Gasteiger partial charge in [0.25, 0.3) is 0 Å². The Bertz CT molecular complexity index is 3270. The first-order valence-corrected chi connectivity index (χ1v) is 14.0. The van der Waals surface area contributed by atoms with Gasteiger partial charge in [0, 0.05) is 27.5 Å². The third kappa shape index (κ3) is 4.19. The molecule has 0 saturated heterocycles. The minimum Gasteiger partial charge on any atom is -0.456 e. The predicted octanol–water partition coefficient (Wildman–Crippen LogP) is 10.7. The molecule has 2 aromatic heterocycles. The van der Waals surface area contributed by atoms with Crippen LogP contribution >= 0.6 is 0 Å². The third-order valence-electron chi connectivity index (χ3n) is 7.62. The molecule has 0 spiro atoms. The quantitative estimate of drug-likeness (QED) is 0.205. The summed E-state index contributed by atoms with van der Waals surface area (Å²) < 4.78 is 121. The van der Waals surface area contributed by atoms with E-state index in [1.54, 1.807) is 42.5 Å². The molecule has 45 heavy (non-hydrogen) atoms. The van der Waals surface area contributed by atoms with Crippen LogP contribution in [0.5, 0.6) is 0 Å². The average molecular weight is 589 g/mol. The molecule has 0 aliphatic heterocycles. The molecule has 4 nitrogen and oxygen atoms in total. The fourth-order valence-electron chi connectivity index (χ4n) is 5.59. The molecule has 0 atom stereocenters. The molecule has 210 valence electrons. The fourth-order valence-corrected chi connectivity index (χ4v) is 5.59. The van der Waals surface area contributed by atoms with E-state index < -0.39 is 72.5 Å². The Kier molecular flexibility index (Phi) is 3.54. The second-order valence-electron chi connectivity index (χ2n) is 10.2. The van der Waals surface area contributed by atoms with Crippen molar-refractivity contribution in [2.75, 3.05) is 0 Å². The Morgan fingerprint density at radius 3 is 1.93 bits per heavy atom. The van der Waals surface area contributed by atoms with Crippen molar-refractivity contribution < 1.29 is 22.2 Å². The van der Waals surface area contributed by atoms with Crippen LogP contribution in [0, 0.1) is 0 Å². The Labute approximate surface area is 277 Å². The SMILES string of the molecule is [2H]c1c([2H])c([2H])c2c(oc3c([2H])c([2H])c([2H])c(-c4nc(-c5ccccc5)nc(-c5c([2H])c([2H])c([2H])c6c(-c7cccc8ccccc78)c([2H])c([2H])c([2H])c56)n4)c32)c1[2H]. The summed E-state index contributed by atoms with van der Waals surface area (Å²) in [6, 6.07) is 14.3. The second kappa shape index (κ2) is 10.2. The number of furan rings is 1. The monoisotopic (exact) mass is 588 g/mol. The van der Waals surface area contributed by atoms with Gasteiger partial charge in [-0.25, -0.2) is 15.0 Å². The number of hydrogen-bond acceptors (Lipinski definition) is 4. The van der Waals surface area contributed by atoms with E-state index in [0.29, 0.717) is 16.5 Å². The standard InChI is InChI=1S/C41H25N3O/c1-2-13-27(14-3-1)39-42-40(44-41(43-39)35-23-11-25-37-38(35)34-17-6-7-24-36(34)45-37)33-22-10-20-31-30(19-9-21-32(31)33)29-18-8-15-26-12-4-5-16-28(26)29/h1-25H/i6D,7D,9D,10D,11D,17D,19D,20D,21D,22D,23D,24D,25D. The molecule has 0 radical (unpaired) electrons. The highest BCUT2D eigenvalue weighted by atomic mass is 16.3. The van der Waals surface area contributed by atoms with Crippen molar-refractivity contribution in [3.63, 3.8) is 0 Å². The normalized spacial score (nSPS) is 15.6. The lowest BCUT2D eigenvalue weighted by Gasteiger charge is -2.14. The van der Waals surface area contributed by atoms with Gasteiger partial charge < -0.3 is 4.42 Å². The summed E-state index contributed by atoms with van der Waals surface area (Å²) in [5.41, 5.74) is -0.0987. The molecule has 0 aliphatic rings. The van der Waals surface area contributed by atoms with Crippen LogP contribution in [0.2, 0.25) is 0 Å². The lowest BCUT2D eigenvalue weighted by molar-refractivity contribution is 0.669. The highest BCUT2D eigenvalue weighted by molar-refractivity contribution is 6.12. The zero-order valence-corrected chi connectivity index (χ0v) is 23.2. The van der Waals surface area contributed by atoms with Crippen LogP contribution < -0.4 is 0 Å². The molecule has 0 saturated carbocycles. The number of benzene rings is 7. The summed E-state index contributed by atoms with van der Waals surface area (Å²) in [5, 5.41) is 1.00. The molecule has 0 N–H and O–H groups in total. The van der Waals surface area contributed by atoms with Crippen LogP contribution in [0.1, 0.15) is 17.8 Å². The van der Waals surface area contributed by atoms with E-state index in [-0.39, 0.29) is 72.9 Å². The van der Waals surface area contributed by atoms with Crippen molar-refractivity contribution >= 4 is 43.5 Å². The van der Waals surface area contributed by atoms with E-state index in [9.17, 15) is 4.11 Å². The van der Waals surface area contributed by atoms with Gasteiger partial charge in [0.15, 0.2) is 17.5 Å². The van der Waals surface area contributed by atoms with E-state index in [4.69, 9.17) is 28.1 Å². The van der Waals surface area contributed by atoms with Crippen LogP contribution in [0.4, 0.5) is 0 Å². The molecule has 9 rings (SSSR count). The van der Waals surface area contributed by atoms with E-state index in [1.807, 2.05) is 30.3 Å². The molecule has 4 heteroatoms. The molecule has 0 unspecified atom stereocenters. The van der Waals surface area contributed by atoms with Gasteiger partial charge in [-0.1, -0.05) is 139 Å². The maximum Gasteiger partial charge on any atom is 0.164 e. The van der Waals surface area contributed by atoms with Crippen molar-refractivity contribution in [3.05, 3.63) is 151 Å². The number of fused-ring (bicyclic) bond motifs is 5. The summed E-state index contributed by atoms with van der Waals surface area (Å²) in [7, 11) is 0. The number of para-hydroxylation sites is 1. The number of rotatable bonds is 4. The predicted molar refractivity (Wildman–Crippen MR) is 184 cm³/mol. The van der Waals surface area contributed by atoms with Gasteiger partial charge in [-0.15, -0.1) is 0 Å². The van der Waals surface area contributed by atoms with Gasteiger partial charge in [0.05, 0.1) is 17.8 Å². The molecular weight excluding hydrogens is 550 g/mol. The maximum absolute atomic E-state index is 9.26. The van der Waals surface area contributed by atoms with Gasteiger partial charge in [-0.2, -0.15) is 0 Å². The first kappa shape index (κ1) is 15.6. The van der Waals surface area contributed by atoms with Crippen LogP contribution in [0.3, 0.4) is 0 Å². The second-order valence-corrected chi connectivity index (χ2v) is 10.2. The Morgan fingerprint density at radius 1 is 0.422 bits per heavy atom. The first-order chi connectivity index (χ1) is 27.7. The molecule has 0 bridgehead atoms. The highest BCUT2D eigenvalue weighted by Crippen LogP contribution is 2.39. The zero-order chi connectivity index (χ0) is 41.1. The Hall–Kier alpha value is -6.13. The largest absolute Gasteiger partial charge is 0.456 e. The van der Waals surface area contributed by atoms with E-state index >= 15 is 0 Å². The number of aromatic nitrogens is 3. The summed E-state index contributed by atoms with van der Waals surface area (Å²) in [6.07, 6.45) is 0. The van der Waals surface area contributed by atoms with E-state index in [1.165, 1.54) is 0 Å². The lowest BCUT2D eigenvalue weighted by Crippen LogP contribution is -2.01. The van der Waals surface area contributed by atoms with Gasteiger partial charge >= 0.3 is 0 Å². The number of hydrogen-bond donors (Lipinski definition) is 0. The molecular formula is C41H25N3O. The van der Waals surface area contributed by atoms with Crippen LogP contribution in [0.15, 0.2) is 156 Å². The summed E-state index contributed by atoms with van der Waals surface area (Å²) >= 11 is 0. The highest BCUT2D eigenvalue weighted by Gasteiger charge is 2.19. The topological polar surface area (TPSA) is 51.8 Å². The van der Waals surface area contributed by atoms with Crippen molar-refractivity contribution in [2.24, 2.45) is 0 Å². The first-order valence-electron chi connectivity index (χ1n) is 20.5. The Balaban J connectivity index is 1.47. The number of nitrogens with zero attached hydrogens (tertiary/aromatic N) is 3. The minimum absolute atomic E-state index is 0.0256.